The third kappa shape index (κ3) is 2.73. The van der Waals surface area contributed by atoms with Crippen LogP contribution in [0.2, 0.25) is 0 Å². The van der Waals surface area contributed by atoms with Gasteiger partial charge < -0.3 is 10.1 Å². The SMILES string of the molecule is COc1ccccc1N[C@@H](c1ccccc1)C1CC1. The van der Waals surface area contributed by atoms with Crippen LogP contribution in [0.4, 0.5) is 5.69 Å². The van der Waals surface area contributed by atoms with E-state index in [1.165, 1.54) is 18.4 Å². The highest BCUT2D eigenvalue weighted by Crippen LogP contribution is 2.43. The van der Waals surface area contributed by atoms with Gasteiger partial charge in [-0.15, -0.1) is 0 Å². The Morgan fingerprint density at radius 3 is 2.37 bits per heavy atom. The average molecular weight is 253 g/mol. The fourth-order valence-electron chi connectivity index (χ4n) is 2.49. The smallest absolute Gasteiger partial charge is 0.141 e. The van der Waals surface area contributed by atoms with Crippen molar-refractivity contribution in [2.75, 3.05) is 12.4 Å². The molecule has 0 unspecified atom stereocenters. The fourth-order valence-corrected chi connectivity index (χ4v) is 2.49. The number of benzene rings is 2. The van der Waals surface area contributed by atoms with E-state index < -0.39 is 0 Å². The summed E-state index contributed by atoms with van der Waals surface area (Å²) in [7, 11) is 1.72. The summed E-state index contributed by atoms with van der Waals surface area (Å²) in [5.41, 5.74) is 2.43. The molecule has 0 bridgehead atoms. The van der Waals surface area contributed by atoms with Gasteiger partial charge in [0.15, 0.2) is 0 Å². The van der Waals surface area contributed by atoms with E-state index in [9.17, 15) is 0 Å². The van der Waals surface area contributed by atoms with E-state index in [2.05, 4.69) is 41.7 Å². The maximum absolute atomic E-state index is 5.42. The summed E-state index contributed by atoms with van der Waals surface area (Å²) >= 11 is 0. The second-order valence-electron chi connectivity index (χ2n) is 5.07. The molecule has 1 aliphatic rings. The van der Waals surface area contributed by atoms with Crippen molar-refractivity contribution >= 4 is 5.69 Å². The molecule has 2 nitrogen and oxygen atoms in total. The minimum atomic E-state index is 0.387. The summed E-state index contributed by atoms with van der Waals surface area (Å²) in [5, 5.41) is 3.65. The van der Waals surface area contributed by atoms with E-state index in [-0.39, 0.29) is 0 Å². The van der Waals surface area contributed by atoms with Crippen LogP contribution in [0.25, 0.3) is 0 Å². The van der Waals surface area contributed by atoms with Crippen molar-refractivity contribution in [3.63, 3.8) is 0 Å². The molecule has 0 spiro atoms. The molecule has 1 saturated carbocycles. The molecule has 0 aromatic heterocycles. The molecule has 0 heterocycles. The first kappa shape index (κ1) is 12.1. The van der Waals surface area contributed by atoms with E-state index in [0.29, 0.717) is 6.04 Å². The maximum Gasteiger partial charge on any atom is 0.141 e. The fraction of sp³-hybridized carbons (Fsp3) is 0.294. The van der Waals surface area contributed by atoms with Crippen LogP contribution in [0.3, 0.4) is 0 Å². The van der Waals surface area contributed by atoms with E-state index in [0.717, 1.165) is 17.4 Å². The quantitative estimate of drug-likeness (QED) is 0.859. The molecular weight excluding hydrogens is 234 g/mol. The van der Waals surface area contributed by atoms with Crippen molar-refractivity contribution in [2.45, 2.75) is 18.9 Å². The Kier molecular flexibility index (Phi) is 3.41. The van der Waals surface area contributed by atoms with Crippen LogP contribution < -0.4 is 10.1 Å². The van der Waals surface area contributed by atoms with Crippen LogP contribution in [0, 0.1) is 5.92 Å². The minimum Gasteiger partial charge on any atom is -0.495 e. The predicted octanol–water partition coefficient (Wildman–Crippen LogP) is 4.26. The lowest BCUT2D eigenvalue weighted by Gasteiger charge is -2.21. The van der Waals surface area contributed by atoms with Gasteiger partial charge in [0.05, 0.1) is 18.8 Å². The lowest BCUT2D eigenvalue weighted by molar-refractivity contribution is 0.415. The van der Waals surface area contributed by atoms with Crippen molar-refractivity contribution in [3.05, 3.63) is 60.2 Å². The van der Waals surface area contributed by atoms with Gasteiger partial charge in [-0.25, -0.2) is 0 Å². The van der Waals surface area contributed by atoms with E-state index >= 15 is 0 Å². The number of rotatable bonds is 5. The zero-order chi connectivity index (χ0) is 13.1. The number of anilines is 1. The highest BCUT2D eigenvalue weighted by atomic mass is 16.5. The molecule has 98 valence electrons. The van der Waals surface area contributed by atoms with Gasteiger partial charge in [-0.05, 0) is 36.5 Å². The maximum atomic E-state index is 5.42. The molecule has 1 N–H and O–H groups in total. The second-order valence-corrected chi connectivity index (χ2v) is 5.07. The minimum absolute atomic E-state index is 0.387. The zero-order valence-corrected chi connectivity index (χ0v) is 11.2. The zero-order valence-electron chi connectivity index (χ0n) is 11.2. The number of hydrogen-bond acceptors (Lipinski definition) is 2. The van der Waals surface area contributed by atoms with Crippen molar-refractivity contribution in [3.8, 4) is 5.75 Å². The van der Waals surface area contributed by atoms with Gasteiger partial charge in [0.25, 0.3) is 0 Å². The summed E-state index contributed by atoms with van der Waals surface area (Å²) in [4.78, 5) is 0. The molecule has 1 fully saturated rings. The van der Waals surface area contributed by atoms with E-state index in [1.807, 2.05) is 18.2 Å². The van der Waals surface area contributed by atoms with Gasteiger partial charge in [-0.1, -0.05) is 42.5 Å². The first-order valence-corrected chi connectivity index (χ1v) is 6.83. The third-order valence-electron chi connectivity index (χ3n) is 3.67. The number of hydrogen-bond donors (Lipinski definition) is 1. The molecule has 3 rings (SSSR count). The summed E-state index contributed by atoms with van der Waals surface area (Å²) in [5.74, 6) is 1.65. The molecule has 1 atom stereocenters. The molecule has 19 heavy (non-hydrogen) atoms. The lowest BCUT2D eigenvalue weighted by Crippen LogP contribution is -2.13. The molecule has 0 amide bonds. The molecule has 2 heteroatoms. The summed E-state index contributed by atoms with van der Waals surface area (Å²) in [6, 6.07) is 19.2. The Labute approximate surface area is 114 Å². The van der Waals surface area contributed by atoms with Crippen molar-refractivity contribution in [2.24, 2.45) is 5.92 Å². The summed E-state index contributed by atoms with van der Waals surface area (Å²) in [6.45, 7) is 0. The normalized spacial score (nSPS) is 15.8. The molecule has 0 aliphatic heterocycles. The van der Waals surface area contributed by atoms with Crippen LogP contribution in [0.15, 0.2) is 54.6 Å². The van der Waals surface area contributed by atoms with Crippen LogP contribution >= 0.6 is 0 Å². The monoisotopic (exact) mass is 253 g/mol. The van der Waals surface area contributed by atoms with Crippen molar-refractivity contribution in [1.29, 1.82) is 0 Å². The number of nitrogens with one attached hydrogen (secondary N) is 1. The Balaban J connectivity index is 1.86. The van der Waals surface area contributed by atoms with Crippen LogP contribution in [-0.4, -0.2) is 7.11 Å². The predicted molar refractivity (Wildman–Crippen MR) is 78.5 cm³/mol. The Bertz CT molecular complexity index is 534. The van der Waals surface area contributed by atoms with Gasteiger partial charge in [0, 0.05) is 0 Å². The van der Waals surface area contributed by atoms with Crippen LogP contribution in [0.5, 0.6) is 5.75 Å². The standard InChI is InChI=1S/C17H19NO/c1-19-16-10-6-5-9-15(16)18-17(14-11-12-14)13-7-3-2-4-8-13/h2-10,14,17-18H,11-12H2,1H3/t17-/m0/s1. The van der Waals surface area contributed by atoms with Crippen LogP contribution in [-0.2, 0) is 0 Å². The summed E-state index contributed by atoms with van der Waals surface area (Å²) < 4.78 is 5.42. The van der Waals surface area contributed by atoms with Crippen molar-refractivity contribution in [1.82, 2.24) is 0 Å². The molecule has 1 aliphatic carbocycles. The number of para-hydroxylation sites is 2. The highest BCUT2D eigenvalue weighted by Gasteiger charge is 2.32. The molecule has 0 radical (unpaired) electrons. The molecule has 0 saturated heterocycles. The Morgan fingerprint density at radius 1 is 1.00 bits per heavy atom. The first-order valence-electron chi connectivity index (χ1n) is 6.83. The Hall–Kier alpha value is -1.96. The Morgan fingerprint density at radius 2 is 1.68 bits per heavy atom. The topological polar surface area (TPSA) is 21.3 Å². The van der Waals surface area contributed by atoms with Crippen molar-refractivity contribution < 1.29 is 4.74 Å². The average Bonchev–Trinajstić information content (AvgIpc) is 3.30. The van der Waals surface area contributed by atoms with Crippen LogP contribution in [0.1, 0.15) is 24.4 Å². The third-order valence-corrected chi connectivity index (χ3v) is 3.67. The largest absolute Gasteiger partial charge is 0.495 e. The van der Waals surface area contributed by atoms with E-state index in [4.69, 9.17) is 4.74 Å². The lowest BCUT2D eigenvalue weighted by atomic mass is 10.0. The number of ether oxygens (including phenoxy) is 1. The molecule has 2 aromatic carbocycles. The molecule has 2 aromatic rings. The van der Waals surface area contributed by atoms with Gasteiger partial charge in [-0.3, -0.25) is 0 Å². The summed E-state index contributed by atoms with van der Waals surface area (Å²) in [6.07, 6.45) is 2.61. The van der Waals surface area contributed by atoms with E-state index in [1.54, 1.807) is 7.11 Å². The highest BCUT2D eigenvalue weighted by molar-refractivity contribution is 5.57. The van der Waals surface area contributed by atoms with Gasteiger partial charge in [-0.2, -0.15) is 0 Å². The second kappa shape index (κ2) is 5.35. The van der Waals surface area contributed by atoms with Gasteiger partial charge >= 0.3 is 0 Å². The van der Waals surface area contributed by atoms with Gasteiger partial charge in [0.2, 0.25) is 0 Å². The van der Waals surface area contributed by atoms with Gasteiger partial charge in [0.1, 0.15) is 5.75 Å². The number of methoxy groups -OCH3 is 1. The molecular formula is C17H19NO. The first-order chi connectivity index (χ1) is 9.38.